The maximum atomic E-state index is 12.5. The van der Waals surface area contributed by atoms with E-state index in [1.165, 1.54) is 0 Å². The Morgan fingerprint density at radius 1 is 1.15 bits per heavy atom. The van der Waals surface area contributed by atoms with E-state index in [0.717, 1.165) is 28.4 Å². The van der Waals surface area contributed by atoms with Crippen molar-refractivity contribution in [2.24, 2.45) is 0 Å². The molecule has 5 nitrogen and oxygen atoms in total. The van der Waals surface area contributed by atoms with Crippen molar-refractivity contribution in [2.75, 3.05) is 31.6 Å². The molecule has 0 aliphatic carbocycles. The quantitative estimate of drug-likeness (QED) is 0.727. The molecule has 3 rings (SSSR count). The number of aliphatic hydroxyl groups excluding tert-OH is 1. The number of halogens is 1. The molecule has 0 unspecified atom stereocenters. The first kappa shape index (κ1) is 18.7. The smallest absolute Gasteiger partial charge is 0.227 e. The number of rotatable bonds is 6. The van der Waals surface area contributed by atoms with E-state index in [9.17, 15) is 9.90 Å². The summed E-state index contributed by atoms with van der Waals surface area (Å²) in [5.41, 5.74) is 3.14. The van der Waals surface area contributed by atoms with Crippen molar-refractivity contribution >= 4 is 23.2 Å². The van der Waals surface area contributed by atoms with Crippen LogP contribution in [0.2, 0.25) is 5.02 Å². The Morgan fingerprint density at radius 3 is 2.54 bits per heavy atom. The Bertz CT molecular complexity index is 719. The molecule has 1 saturated heterocycles. The van der Waals surface area contributed by atoms with Crippen LogP contribution in [-0.2, 0) is 17.8 Å². The summed E-state index contributed by atoms with van der Waals surface area (Å²) in [7, 11) is 0. The molecule has 1 fully saturated rings. The second-order valence-corrected chi connectivity index (χ2v) is 6.92. The number of benzene rings is 2. The van der Waals surface area contributed by atoms with Gasteiger partial charge in [-0.15, -0.1) is 0 Å². The molecular weight excluding hydrogens is 350 g/mol. The second-order valence-electron chi connectivity index (χ2n) is 6.48. The number of amides is 1. The molecule has 2 aromatic rings. The Morgan fingerprint density at radius 2 is 1.85 bits per heavy atom. The molecule has 1 aliphatic heterocycles. The number of carbonyl (C=O) groups is 1. The van der Waals surface area contributed by atoms with Crippen LogP contribution in [0, 0.1) is 0 Å². The Balaban J connectivity index is 1.53. The Labute approximate surface area is 159 Å². The van der Waals surface area contributed by atoms with Gasteiger partial charge in [0.2, 0.25) is 5.91 Å². The maximum absolute atomic E-state index is 12.5. The number of nitrogens with zero attached hydrogens (tertiary/aromatic N) is 1. The van der Waals surface area contributed by atoms with Crippen molar-refractivity contribution in [2.45, 2.75) is 19.0 Å². The van der Waals surface area contributed by atoms with Crippen molar-refractivity contribution < 1.29 is 9.90 Å². The van der Waals surface area contributed by atoms with Gasteiger partial charge in [-0.2, -0.15) is 0 Å². The Hall–Kier alpha value is -2.08. The summed E-state index contributed by atoms with van der Waals surface area (Å²) in [4.78, 5) is 14.3. The molecule has 1 amide bonds. The maximum Gasteiger partial charge on any atom is 0.227 e. The lowest BCUT2D eigenvalue weighted by atomic mass is 10.1. The van der Waals surface area contributed by atoms with Gasteiger partial charge in [-0.05, 0) is 35.4 Å². The first-order valence-electron chi connectivity index (χ1n) is 8.84. The van der Waals surface area contributed by atoms with E-state index in [1.807, 2.05) is 48.5 Å². The standard InChI is InChI=1S/C20H24ClN3O2/c21-17-5-1-16(2-6-17)12-23-18-7-3-15(4-8-18)11-20(26)24-10-9-22-13-19(24)14-25/h1-8,19,22-23,25H,9-14H2/t19-/m1/s1. The lowest BCUT2D eigenvalue weighted by Gasteiger charge is -2.35. The van der Waals surface area contributed by atoms with Crippen LogP contribution in [0.25, 0.3) is 0 Å². The van der Waals surface area contributed by atoms with Crippen molar-refractivity contribution in [1.82, 2.24) is 10.2 Å². The van der Waals surface area contributed by atoms with Gasteiger partial charge in [-0.1, -0.05) is 35.9 Å². The third-order valence-electron chi connectivity index (χ3n) is 4.60. The van der Waals surface area contributed by atoms with Gasteiger partial charge in [0.15, 0.2) is 0 Å². The van der Waals surface area contributed by atoms with Crippen LogP contribution in [0.4, 0.5) is 5.69 Å². The highest BCUT2D eigenvalue weighted by molar-refractivity contribution is 6.30. The fourth-order valence-electron chi connectivity index (χ4n) is 3.08. The molecule has 2 aromatic carbocycles. The lowest BCUT2D eigenvalue weighted by Crippen LogP contribution is -2.55. The Kier molecular flexibility index (Phi) is 6.50. The summed E-state index contributed by atoms with van der Waals surface area (Å²) in [5, 5.41) is 16.7. The molecule has 0 aromatic heterocycles. The first-order chi connectivity index (χ1) is 12.7. The van der Waals surface area contributed by atoms with E-state index in [2.05, 4.69) is 10.6 Å². The number of aliphatic hydroxyl groups is 1. The molecule has 0 spiro atoms. The average Bonchev–Trinajstić information content (AvgIpc) is 2.68. The predicted octanol–water partition coefficient (Wildman–Crippen LogP) is 2.29. The zero-order valence-electron chi connectivity index (χ0n) is 14.6. The number of hydrogen-bond donors (Lipinski definition) is 3. The van der Waals surface area contributed by atoms with E-state index in [0.29, 0.717) is 26.1 Å². The minimum Gasteiger partial charge on any atom is -0.394 e. The molecule has 3 N–H and O–H groups in total. The molecule has 0 bridgehead atoms. The molecule has 6 heteroatoms. The summed E-state index contributed by atoms with van der Waals surface area (Å²) < 4.78 is 0. The van der Waals surface area contributed by atoms with E-state index >= 15 is 0 Å². The first-order valence-corrected chi connectivity index (χ1v) is 9.22. The predicted molar refractivity (Wildman–Crippen MR) is 104 cm³/mol. The molecule has 1 aliphatic rings. The fraction of sp³-hybridized carbons (Fsp3) is 0.350. The zero-order chi connectivity index (χ0) is 18.4. The van der Waals surface area contributed by atoms with Gasteiger partial charge >= 0.3 is 0 Å². The zero-order valence-corrected chi connectivity index (χ0v) is 15.4. The highest BCUT2D eigenvalue weighted by atomic mass is 35.5. The van der Waals surface area contributed by atoms with Crippen molar-refractivity contribution in [3.63, 3.8) is 0 Å². The van der Waals surface area contributed by atoms with Crippen LogP contribution >= 0.6 is 11.6 Å². The van der Waals surface area contributed by atoms with Gasteiger partial charge in [-0.25, -0.2) is 0 Å². The molecule has 138 valence electrons. The summed E-state index contributed by atoms with van der Waals surface area (Å²) >= 11 is 5.89. The van der Waals surface area contributed by atoms with E-state index in [-0.39, 0.29) is 18.6 Å². The molecular formula is C20H24ClN3O2. The van der Waals surface area contributed by atoms with Gasteiger partial charge in [-0.3, -0.25) is 4.79 Å². The van der Waals surface area contributed by atoms with Gasteiger partial charge in [0.05, 0.1) is 19.1 Å². The number of anilines is 1. The summed E-state index contributed by atoms with van der Waals surface area (Å²) in [6, 6.07) is 15.5. The third kappa shape index (κ3) is 4.97. The monoisotopic (exact) mass is 373 g/mol. The van der Waals surface area contributed by atoms with Crippen molar-refractivity contribution in [1.29, 1.82) is 0 Å². The van der Waals surface area contributed by atoms with Crippen LogP contribution in [0.1, 0.15) is 11.1 Å². The van der Waals surface area contributed by atoms with Crippen LogP contribution in [0.15, 0.2) is 48.5 Å². The van der Waals surface area contributed by atoms with Gasteiger partial charge < -0.3 is 20.6 Å². The van der Waals surface area contributed by atoms with Crippen LogP contribution < -0.4 is 10.6 Å². The average molecular weight is 374 g/mol. The highest BCUT2D eigenvalue weighted by Crippen LogP contribution is 2.15. The largest absolute Gasteiger partial charge is 0.394 e. The molecule has 0 radical (unpaired) electrons. The normalized spacial score (nSPS) is 17.2. The van der Waals surface area contributed by atoms with Crippen LogP contribution in [0.5, 0.6) is 0 Å². The minimum absolute atomic E-state index is 0.00764. The molecule has 0 saturated carbocycles. The topological polar surface area (TPSA) is 64.6 Å². The van der Waals surface area contributed by atoms with E-state index in [1.54, 1.807) is 4.90 Å². The summed E-state index contributed by atoms with van der Waals surface area (Å²) in [6.45, 7) is 2.77. The van der Waals surface area contributed by atoms with Crippen molar-refractivity contribution in [3.05, 3.63) is 64.7 Å². The van der Waals surface area contributed by atoms with E-state index in [4.69, 9.17) is 11.6 Å². The van der Waals surface area contributed by atoms with Gasteiger partial charge in [0.1, 0.15) is 0 Å². The lowest BCUT2D eigenvalue weighted by molar-refractivity contribution is -0.134. The van der Waals surface area contributed by atoms with Gasteiger partial charge in [0.25, 0.3) is 0 Å². The summed E-state index contributed by atoms with van der Waals surface area (Å²) in [6.07, 6.45) is 0.355. The van der Waals surface area contributed by atoms with Gasteiger partial charge in [0, 0.05) is 36.9 Å². The molecule has 1 heterocycles. The third-order valence-corrected chi connectivity index (χ3v) is 4.85. The fourth-order valence-corrected chi connectivity index (χ4v) is 3.20. The summed E-state index contributed by atoms with van der Waals surface area (Å²) in [5.74, 6) is 0.0624. The van der Waals surface area contributed by atoms with Crippen LogP contribution in [0.3, 0.4) is 0 Å². The van der Waals surface area contributed by atoms with Crippen LogP contribution in [-0.4, -0.2) is 48.2 Å². The number of hydrogen-bond acceptors (Lipinski definition) is 4. The van der Waals surface area contributed by atoms with E-state index < -0.39 is 0 Å². The van der Waals surface area contributed by atoms with Crippen molar-refractivity contribution in [3.8, 4) is 0 Å². The number of carbonyl (C=O) groups excluding carboxylic acids is 1. The number of piperazine rings is 1. The highest BCUT2D eigenvalue weighted by Gasteiger charge is 2.25. The second kappa shape index (κ2) is 9.03. The number of nitrogens with one attached hydrogen (secondary N) is 2. The minimum atomic E-state index is -0.128. The molecule has 1 atom stereocenters. The molecule has 26 heavy (non-hydrogen) atoms. The SMILES string of the molecule is O=C(Cc1ccc(NCc2ccc(Cl)cc2)cc1)N1CCNC[C@@H]1CO.